The van der Waals surface area contributed by atoms with E-state index in [4.69, 9.17) is 10.5 Å². The highest BCUT2D eigenvalue weighted by Gasteiger charge is 2.28. The van der Waals surface area contributed by atoms with Crippen LogP contribution in [-0.4, -0.2) is 74.6 Å². The van der Waals surface area contributed by atoms with Gasteiger partial charge in [-0.2, -0.15) is 0 Å². The number of nitrogens with one attached hydrogen (secondary N) is 5. The van der Waals surface area contributed by atoms with Gasteiger partial charge in [0, 0.05) is 31.7 Å². The number of amides is 6. The highest BCUT2D eigenvalue weighted by Crippen LogP contribution is 2.22. The Morgan fingerprint density at radius 2 is 1.53 bits per heavy atom. The van der Waals surface area contributed by atoms with Gasteiger partial charge in [0.2, 0.25) is 24.1 Å². The van der Waals surface area contributed by atoms with E-state index >= 15 is 0 Å². The van der Waals surface area contributed by atoms with Crippen molar-refractivity contribution in [2.45, 2.75) is 71.9 Å². The number of rotatable bonds is 17. The predicted octanol–water partition coefficient (Wildman–Crippen LogP) is -0.480. The third-order valence-corrected chi connectivity index (χ3v) is 4.83. The fraction of sp³-hybridized carbons (Fsp3) is 0.773. The van der Waals surface area contributed by atoms with Gasteiger partial charge in [-0.3, -0.25) is 19.2 Å². The number of hydrogen-bond acceptors (Lipinski definition) is 6. The van der Waals surface area contributed by atoms with Crippen molar-refractivity contribution in [3.05, 3.63) is 0 Å². The van der Waals surface area contributed by atoms with Crippen LogP contribution in [0.2, 0.25) is 0 Å². The molecule has 1 unspecified atom stereocenters. The maximum atomic E-state index is 12.5. The Kier molecular flexibility index (Phi) is 14.5. The molecule has 0 heterocycles. The summed E-state index contributed by atoms with van der Waals surface area (Å²) in [5.74, 6) is -1.09. The maximum absolute atomic E-state index is 12.5. The SMILES string of the molecule is CC(C)(C)OCCC(C)(C)C(=O)NCCC(NC=O)C(=O)NCC(=O)NCCCCNC(N)=O. The maximum Gasteiger partial charge on any atom is 0.312 e. The van der Waals surface area contributed by atoms with E-state index in [0.717, 1.165) is 0 Å². The summed E-state index contributed by atoms with van der Waals surface area (Å²) in [5.41, 5.74) is 4.01. The lowest BCUT2D eigenvalue weighted by Crippen LogP contribution is -2.48. The fourth-order valence-corrected chi connectivity index (χ4v) is 2.71. The van der Waals surface area contributed by atoms with Gasteiger partial charge < -0.3 is 37.1 Å². The Bertz CT molecular complexity index is 677. The molecule has 0 radical (unpaired) electrons. The van der Waals surface area contributed by atoms with Crippen molar-refractivity contribution in [3.8, 4) is 0 Å². The van der Waals surface area contributed by atoms with E-state index in [1.54, 1.807) is 0 Å². The highest BCUT2D eigenvalue weighted by atomic mass is 16.5. The van der Waals surface area contributed by atoms with Crippen LogP contribution in [0.25, 0.3) is 0 Å². The molecule has 1 atom stereocenters. The molecule has 196 valence electrons. The van der Waals surface area contributed by atoms with Crippen molar-refractivity contribution in [3.63, 3.8) is 0 Å². The van der Waals surface area contributed by atoms with Crippen LogP contribution in [0.15, 0.2) is 0 Å². The molecular weight excluding hydrogens is 444 g/mol. The van der Waals surface area contributed by atoms with Crippen molar-refractivity contribution >= 4 is 30.2 Å². The molecule has 0 aromatic carbocycles. The number of hydrogen-bond donors (Lipinski definition) is 6. The minimum atomic E-state index is -0.891. The summed E-state index contributed by atoms with van der Waals surface area (Å²) in [6.45, 7) is 10.6. The molecule has 7 N–H and O–H groups in total. The van der Waals surface area contributed by atoms with E-state index < -0.39 is 23.4 Å². The standard InChI is InChI=1S/C22H42N6O6/c1-21(2,3)34-13-9-22(4,5)19(32)25-12-8-16(28-15-29)18(31)27-14-17(30)24-10-6-7-11-26-20(23)33/h15-16H,6-14H2,1-5H3,(H,24,30)(H,25,32)(H,27,31)(H,28,29)(H3,23,26,33). The first-order valence-electron chi connectivity index (χ1n) is 11.5. The zero-order chi connectivity index (χ0) is 26.2. The largest absolute Gasteiger partial charge is 0.376 e. The highest BCUT2D eigenvalue weighted by molar-refractivity contribution is 5.88. The van der Waals surface area contributed by atoms with Gasteiger partial charge >= 0.3 is 6.03 Å². The number of nitrogens with two attached hydrogens (primary N) is 1. The summed E-state index contributed by atoms with van der Waals surface area (Å²) in [7, 11) is 0. The second kappa shape index (κ2) is 15.9. The fourth-order valence-electron chi connectivity index (χ4n) is 2.71. The van der Waals surface area contributed by atoms with Gasteiger partial charge in [-0.15, -0.1) is 0 Å². The molecule has 0 aromatic heterocycles. The van der Waals surface area contributed by atoms with Gasteiger partial charge in [-0.1, -0.05) is 13.8 Å². The Hall–Kier alpha value is -2.89. The minimum absolute atomic E-state index is 0.166. The van der Waals surface area contributed by atoms with E-state index in [9.17, 15) is 24.0 Å². The summed E-state index contributed by atoms with van der Waals surface area (Å²) in [6, 6.07) is -1.49. The van der Waals surface area contributed by atoms with Gasteiger partial charge in [0.15, 0.2) is 0 Å². The molecule has 0 fully saturated rings. The lowest BCUT2D eigenvalue weighted by molar-refractivity contribution is -0.131. The van der Waals surface area contributed by atoms with Crippen molar-refractivity contribution < 1.29 is 28.7 Å². The molecule has 0 spiro atoms. The third kappa shape index (κ3) is 15.8. The molecule has 0 aliphatic rings. The first-order valence-corrected chi connectivity index (χ1v) is 11.5. The smallest absolute Gasteiger partial charge is 0.312 e. The molecule has 12 heteroatoms. The summed E-state index contributed by atoms with van der Waals surface area (Å²) in [4.78, 5) is 58.1. The van der Waals surface area contributed by atoms with E-state index in [1.807, 2.05) is 34.6 Å². The van der Waals surface area contributed by atoms with Crippen LogP contribution in [-0.2, 0) is 23.9 Å². The molecule has 34 heavy (non-hydrogen) atoms. The van der Waals surface area contributed by atoms with Crippen molar-refractivity contribution in [1.29, 1.82) is 0 Å². The van der Waals surface area contributed by atoms with Crippen LogP contribution in [0.3, 0.4) is 0 Å². The Balaban J connectivity index is 4.31. The minimum Gasteiger partial charge on any atom is -0.376 e. The van der Waals surface area contributed by atoms with Crippen molar-refractivity contribution in [2.24, 2.45) is 11.1 Å². The van der Waals surface area contributed by atoms with Crippen LogP contribution in [0.4, 0.5) is 4.79 Å². The average molecular weight is 487 g/mol. The second-order valence-corrected chi connectivity index (χ2v) is 9.54. The molecule has 0 bridgehead atoms. The summed E-state index contributed by atoms with van der Waals surface area (Å²) in [6.07, 6.45) is 2.38. The van der Waals surface area contributed by atoms with Gasteiger partial charge in [-0.25, -0.2) is 4.79 Å². The Morgan fingerprint density at radius 1 is 0.912 bits per heavy atom. The molecule has 6 amide bonds. The number of urea groups is 1. The number of primary amides is 1. The van der Waals surface area contributed by atoms with E-state index in [2.05, 4.69) is 26.6 Å². The van der Waals surface area contributed by atoms with Gasteiger partial charge in [-0.05, 0) is 46.5 Å². The van der Waals surface area contributed by atoms with Gasteiger partial charge in [0.1, 0.15) is 6.04 Å². The van der Waals surface area contributed by atoms with Crippen molar-refractivity contribution in [1.82, 2.24) is 26.6 Å². The van der Waals surface area contributed by atoms with Crippen LogP contribution < -0.4 is 32.3 Å². The van der Waals surface area contributed by atoms with E-state index in [0.29, 0.717) is 45.4 Å². The topological polar surface area (TPSA) is 181 Å². The Morgan fingerprint density at radius 3 is 2.09 bits per heavy atom. The third-order valence-electron chi connectivity index (χ3n) is 4.83. The lowest BCUT2D eigenvalue weighted by Gasteiger charge is -2.27. The predicted molar refractivity (Wildman–Crippen MR) is 128 cm³/mol. The average Bonchev–Trinajstić information content (AvgIpc) is 2.72. The molecule has 12 nitrogen and oxygen atoms in total. The number of carbonyl (C=O) groups excluding carboxylic acids is 5. The summed E-state index contributed by atoms with van der Waals surface area (Å²) in [5, 5.41) is 12.8. The van der Waals surface area contributed by atoms with Crippen LogP contribution >= 0.6 is 0 Å². The first kappa shape index (κ1) is 31.1. The second-order valence-electron chi connectivity index (χ2n) is 9.54. The molecule has 0 aromatic rings. The van der Waals surface area contributed by atoms with Gasteiger partial charge in [0.05, 0.1) is 12.1 Å². The van der Waals surface area contributed by atoms with E-state index in [-0.39, 0.29) is 36.9 Å². The molecule has 0 saturated heterocycles. The van der Waals surface area contributed by atoms with Crippen LogP contribution in [0.1, 0.15) is 60.3 Å². The molecule has 0 aliphatic carbocycles. The molecular formula is C22H42N6O6. The normalized spacial score (nSPS) is 12.3. The lowest BCUT2D eigenvalue weighted by atomic mass is 9.88. The van der Waals surface area contributed by atoms with E-state index in [1.165, 1.54) is 0 Å². The van der Waals surface area contributed by atoms with Crippen LogP contribution in [0, 0.1) is 5.41 Å². The number of unbranched alkanes of at least 4 members (excludes halogenated alkanes) is 1. The van der Waals surface area contributed by atoms with Gasteiger partial charge in [0.25, 0.3) is 0 Å². The Labute approximate surface area is 201 Å². The first-order chi connectivity index (χ1) is 15.8. The summed E-state index contributed by atoms with van der Waals surface area (Å²) < 4.78 is 5.68. The monoisotopic (exact) mass is 486 g/mol. The quantitative estimate of drug-likeness (QED) is 0.119. The van der Waals surface area contributed by atoms with Crippen molar-refractivity contribution in [2.75, 3.05) is 32.8 Å². The molecule has 0 aliphatic heterocycles. The zero-order valence-electron chi connectivity index (χ0n) is 21.0. The number of carbonyl (C=O) groups is 5. The molecule has 0 rings (SSSR count). The summed E-state index contributed by atoms with van der Waals surface area (Å²) >= 11 is 0. The zero-order valence-corrected chi connectivity index (χ0v) is 21.0. The van der Waals surface area contributed by atoms with Crippen LogP contribution in [0.5, 0.6) is 0 Å². The number of ether oxygens (including phenoxy) is 1. The molecule has 0 saturated carbocycles.